The average molecular weight is 466 g/mol. The Kier molecular flexibility index (Phi) is 8.50. The Balaban J connectivity index is 1.85. The van der Waals surface area contributed by atoms with Crippen molar-refractivity contribution in [3.63, 3.8) is 0 Å². The molecule has 0 aromatic heterocycles. The van der Waals surface area contributed by atoms with Crippen LogP contribution in [0.4, 0.5) is 22.0 Å². The normalized spacial score (nSPS) is 10.3. The van der Waals surface area contributed by atoms with Crippen molar-refractivity contribution >= 4 is 0 Å². The standard InChI is InChI=1S/C29H23F5/c1-3-5-7-22-11-8-19(14-25(22)30)9-12-23-28(33)17-21(18-29(23)34)10-13-24-26(31)15-20(6-4-2)16-27(24)32/h8,11,14-18H,3-7H2,1-2H3. The van der Waals surface area contributed by atoms with Gasteiger partial charge in [0.15, 0.2) is 0 Å². The molecule has 0 heterocycles. The highest BCUT2D eigenvalue weighted by molar-refractivity contribution is 5.50. The second-order valence-corrected chi connectivity index (χ2v) is 7.91. The average Bonchev–Trinajstić information content (AvgIpc) is 2.77. The maximum Gasteiger partial charge on any atom is 0.143 e. The molecule has 0 saturated heterocycles. The molecule has 0 unspecified atom stereocenters. The fourth-order valence-electron chi connectivity index (χ4n) is 3.41. The molecule has 3 aromatic rings. The van der Waals surface area contributed by atoms with Gasteiger partial charge in [-0.3, -0.25) is 0 Å². The van der Waals surface area contributed by atoms with Crippen LogP contribution in [0.15, 0.2) is 42.5 Å². The minimum Gasteiger partial charge on any atom is -0.207 e. The van der Waals surface area contributed by atoms with Gasteiger partial charge in [0.05, 0.1) is 11.1 Å². The maximum absolute atomic E-state index is 14.5. The molecule has 0 saturated carbocycles. The van der Waals surface area contributed by atoms with Crippen molar-refractivity contribution in [2.45, 2.75) is 46.0 Å². The van der Waals surface area contributed by atoms with Crippen LogP contribution in [-0.2, 0) is 12.8 Å². The van der Waals surface area contributed by atoms with Crippen LogP contribution in [0, 0.1) is 52.8 Å². The Bertz CT molecular complexity index is 1270. The number of unbranched alkanes of at least 4 members (excludes halogenated alkanes) is 1. The molecule has 5 heteroatoms. The van der Waals surface area contributed by atoms with E-state index in [9.17, 15) is 22.0 Å². The summed E-state index contributed by atoms with van der Waals surface area (Å²) in [6.45, 7) is 3.90. The number of hydrogen-bond acceptors (Lipinski definition) is 0. The van der Waals surface area contributed by atoms with Crippen molar-refractivity contribution in [1.29, 1.82) is 0 Å². The predicted molar refractivity (Wildman–Crippen MR) is 124 cm³/mol. The van der Waals surface area contributed by atoms with Gasteiger partial charge in [0, 0.05) is 11.1 Å². The molecule has 0 N–H and O–H groups in total. The van der Waals surface area contributed by atoms with Crippen LogP contribution in [0.1, 0.15) is 66.5 Å². The molecule has 0 spiro atoms. The van der Waals surface area contributed by atoms with Gasteiger partial charge in [0.1, 0.15) is 29.1 Å². The lowest BCUT2D eigenvalue weighted by atomic mass is 10.0. The molecule has 0 radical (unpaired) electrons. The van der Waals surface area contributed by atoms with E-state index in [1.165, 1.54) is 18.2 Å². The second kappa shape index (κ2) is 11.5. The molecular weight excluding hydrogens is 443 g/mol. The molecule has 0 atom stereocenters. The Labute approximate surface area is 196 Å². The molecule has 3 aromatic carbocycles. The van der Waals surface area contributed by atoms with E-state index in [0.717, 1.165) is 31.4 Å². The van der Waals surface area contributed by atoms with Crippen LogP contribution in [0.25, 0.3) is 0 Å². The van der Waals surface area contributed by atoms with Gasteiger partial charge in [-0.25, -0.2) is 22.0 Å². The third-order valence-electron chi connectivity index (χ3n) is 5.20. The summed E-state index contributed by atoms with van der Waals surface area (Å²) in [5.74, 6) is 5.66. The molecule has 0 fully saturated rings. The lowest BCUT2D eigenvalue weighted by Crippen LogP contribution is -1.96. The lowest BCUT2D eigenvalue weighted by molar-refractivity contribution is 0.573. The van der Waals surface area contributed by atoms with Crippen molar-refractivity contribution in [3.8, 4) is 23.7 Å². The monoisotopic (exact) mass is 466 g/mol. The van der Waals surface area contributed by atoms with Crippen LogP contribution in [-0.4, -0.2) is 0 Å². The smallest absolute Gasteiger partial charge is 0.143 e. The largest absolute Gasteiger partial charge is 0.207 e. The lowest BCUT2D eigenvalue weighted by Gasteiger charge is -2.03. The zero-order valence-corrected chi connectivity index (χ0v) is 19.0. The third kappa shape index (κ3) is 6.27. The minimum atomic E-state index is -0.976. The van der Waals surface area contributed by atoms with E-state index in [2.05, 4.69) is 23.7 Å². The van der Waals surface area contributed by atoms with E-state index in [1.54, 1.807) is 12.1 Å². The summed E-state index contributed by atoms with van der Waals surface area (Å²) in [7, 11) is 0. The molecule has 0 aliphatic carbocycles. The van der Waals surface area contributed by atoms with Crippen molar-refractivity contribution < 1.29 is 22.0 Å². The number of benzene rings is 3. The number of rotatable bonds is 5. The van der Waals surface area contributed by atoms with Gasteiger partial charge in [0.2, 0.25) is 0 Å². The summed E-state index contributed by atoms with van der Waals surface area (Å²) >= 11 is 0. The zero-order valence-electron chi connectivity index (χ0n) is 19.0. The molecule has 0 amide bonds. The number of aryl methyl sites for hydroxylation is 2. The van der Waals surface area contributed by atoms with Crippen LogP contribution in [0.2, 0.25) is 0 Å². The van der Waals surface area contributed by atoms with E-state index in [4.69, 9.17) is 0 Å². The Morgan fingerprint density at radius 2 is 1.09 bits per heavy atom. The Morgan fingerprint density at radius 3 is 1.62 bits per heavy atom. The fourth-order valence-corrected chi connectivity index (χ4v) is 3.41. The SMILES string of the molecule is CCCCc1ccc(C#Cc2c(F)cc(C#Cc3c(F)cc(CCC)cc3F)cc2F)cc1F. The van der Waals surface area contributed by atoms with Crippen molar-refractivity contribution in [3.05, 3.63) is 105 Å². The molecule has 0 nitrogen and oxygen atoms in total. The van der Waals surface area contributed by atoms with Gasteiger partial charge in [-0.15, -0.1) is 0 Å². The summed E-state index contributed by atoms with van der Waals surface area (Å²) in [6.07, 6.45) is 3.66. The highest BCUT2D eigenvalue weighted by Crippen LogP contribution is 2.18. The summed E-state index contributed by atoms with van der Waals surface area (Å²) in [6, 6.07) is 8.75. The van der Waals surface area contributed by atoms with Gasteiger partial charge >= 0.3 is 0 Å². The van der Waals surface area contributed by atoms with E-state index >= 15 is 0 Å². The highest BCUT2D eigenvalue weighted by Gasteiger charge is 2.11. The van der Waals surface area contributed by atoms with Crippen molar-refractivity contribution in [2.24, 2.45) is 0 Å². The predicted octanol–water partition coefficient (Wildman–Crippen LogP) is 7.48. The number of hydrogen-bond donors (Lipinski definition) is 0. The van der Waals surface area contributed by atoms with E-state index < -0.39 is 40.2 Å². The Morgan fingerprint density at radius 1 is 0.559 bits per heavy atom. The van der Waals surface area contributed by atoms with Crippen molar-refractivity contribution in [1.82, 2.24) is 0 Å². The van der Waals surface area contributed by atoms with Gasteiger partial charge in [-0.05, 0) is 66.8 Å². The zero-order chi connectivity index (χ0) is 24.7. The molecule has 34 heavy (non-hydrogen) atoms. The van der Waals surface area contributed by atoms with Gasteiger partial charge in [-0.1, -0.05) is 56.4 Å². The summed E-state index contributed by atoms with van der Waals surface area (Å²) in [5, 5.41) is 0. The Hall–Kier alpha value is -3.57. The maximum atomic E-state index is 14.5. The molecule has 0 aliphatic rings. The first kappa shape index (κ1) is 25.1. The molecule has 0 bridgehead atoms. The molecule has 174 valence electrons. The van der Waals surface area contributed by atoms with E-state index in [1.807, 2.05) is 13.8 Å². The highest BCUT2D eigenvalue weighted by atomic mass is 19.1. The molecule has 0 aliphatic heterocycles. The van der Waals surface area contributed by atoms with Crippen molar-refractivity contribution in [2.75, 3.05) is 0 Å². The first-order valence-corrected chi connectivity index (χ1v) is 11.1. The third-order valence-corrected chi connectivity index (χ3v) is 5.20. The van der Waals surface area contributed by atoms with Gasteiger partial charge in [-0.2, -0.15) is 0 Å². The molecular formula is C29H23F5. The van der Waals surface area contributed by atoms with Crippen LogP contribution >= 0.6 is 0 Å². The number of halogens is 5. The summed E-state index contributed by atoms with van der Waals surface area (Å²) in [4.78, 5) is 0. The van der Waals surface area contributed by atoms with Crippen LogP contribution < -0.4 is 0 Å². The molecule has 3 rings (SSSR count). The first-order chi connectivity index (χ1) is 16.3. The quantitative estimate of drug-likeness (QED) is 0.270. The minimum absolute atomic E-state index is 0.0942. The fraction of sp³-hybridized carbons (Fsp3) is 0.241. The van der Waals surface area contributed by atoms with Gasteiger partial charge < -0.3 is 0 Å². The van der Waals surface area contributed by atoms with Crippen LogP contribution in [0.5, 0.6) is 0 Å². The first-order valence-electron chi connectivity index (χ1n) is 11.1. The van der Waals surface area contributed by atoms with Gasteiger partial charge in [0.25, 0.3) is 0 Å². The van der Waals surface area contributed by atoms with E-state index in [-0.39, 0.29) is 11.1 Å². The summed E-state index contributed by atoms with van der Waals surface area (Å²) in [5.41, 5.74) is 0.316. The second-order valence-electron chi connectivity index (χ2n) is 7.91. The topological polar surface area (TPSA) is 0 Å². The van der Waals surface area contributed by atoms with E-state index in [0.29, 0.717) is 24.0 Å². The summed E-state index contributed by atoms with van der Waals surface area (Å²) < 4.78 is 71.5. The van der Waals surface area contributed by atoms with Crippen LogP contribution in [0.3, 0.4) is 0 Å².